The van der Waals surface area contributed by atoms with Crippen LogP contribution in [0.5, 0.6) is 5.75 Å². The number of hydrogen-bond acceptors (Lipinski definition) is 4. The Bertz CT molecular complexity index is 1320. The van der Waals surface area contributed by atoms with Crippen molar-refractivity contribution in [2.24, 2.45) is 5.41 Å². The lowest BCUT2D eigenvalue weighted by Crippen LogP contribution is -2.50. The number of para-hydroxylation sites is 1. The van der Waals surface area contributed by atoms with E-state index in [0.29, 0.717) is 24.8 Å². The Labute approximate surface area is 227 Å². The molecular formula is C31H34F2N2O4. The number of rotatable bonds is 7. The zero-order valence-electron chi connectivity index (χ0n) is 22.5. The highest BCUT2D eigenvalue weighted by Crippen LogP contribution is 2.42. The maximum absolute atomic E-state index is 15.1. The summed E-state index contributed by atoms with van der Waals surface area (Å²) in [7, 11) is 0. The molecule has 0 radical (unpaired) electrons. The van der Waals surface area contributed by atoms with Crippen LogP contribution >= 0.6 is 0 Å². The zero-order valence-corrected chi connectivity index (χ0v) is 22.5. The number of carbonyl (C=O) groups is 2. The zero-order chi connectivity index (χ0) is 28.0. The lowest BCUT2D eigenvalue weighted by Gasteiger charge is -2.28. The van der Waals surface area contributed by atoms with Crippen LogP contribution < -0.4 is 15.6 Å². The Morgan fingerprint density at radius 2 is 1.56 bits per heavy atom. The molecule has 1 aliphatic carbocycles. The highest BCUT2D eigenvalue weighted by Gasteiger charge is 2.41. The van der Waals surface area contributed by atoms with Crippen LogP contribution in [-0.2, 0) is 22.6 Å². The molecule has 3 aromatic rings. The quantitative estimate of drug-likeness (QED) is 0.323. The van der Waals surface area contributed by atoms with Crippen LogP contribution in [0.25, 0.3) is 11.1 Å². The molecule has 4 rings (SSSR count). The first-order chi connectivity index (χ1) is 18.6. The summed E-state index contributed by atoms with van der Waals surface area (Å²) in [5.74, 6) is -1.47. The van der Waals surface area contributed by atoms with E-state index in [1.54, 1.807) is 39.0 Å². The number of ether oxygens (including phenoxy) is 2. The largest absolute Gasteiger partial charge is 0.485 e. The molecule has 0 bridgehead atoms. The van der Waals surface area contributed by atoms with E-state index in [4.69, 9.17) is 9.47 Å². The number of amides is 2. The normalized spacial score (nSPS) is 14.5. The molecule has 0 unspecified atom stereocenters. The van der Waals surface area contributed by atoms with E-state index in [0.717, 1.165) is 24.0 Å². The molecule has 1 fully saturated rings. The van der Waals surface area contributed by atoms with Crippen molar-refractivity contribution in [3.05, 3.63) is 89.5 Å². The summed E-state index contributed by atoms with van der Waals surface area (Å²) in [6.45, 7) is 5.32. The third-order valence-electron chi connectivity index (χ3n) is 6.78. The standard InChI is InChI=1S/C31H34F2N2O4/c1-30(2,3)39-29(37)35-34-28(36)31(16-7-8-17-31)19-22-14-15-25(32)24(18-22)23-12-9-13-26(33)27(23)38-20-21-10-5-4-6-11-21/h4-6,9-15,18H,7-8,16-17,19-20H2,1-3H3,(H,34,36)(H,35,37). The van der Waals surface area contributed by atoms with Gasteiger partial charge in [-0.1, -0.05) is 61.4 Å². The maximum Gasteiger partial charge on any atom is 0.426 e. The van der Waals surface area contributed by atoms with E-state index in [9.17, 15) is 14.0 Å². The van der Waals surface area contributed by atoms with Crippen molar-refractivity contribution in [3.63, 3.8) is 0 Å². The second-order valence-corrected chi connectivity index (χ2v) is 11.0. The molecule has 0 aliphatic heterocycles. The lowest BCUT2D eigenvalue weighted by atomic mass is 9.79. The number of hydrogen-bond donors (Lipinski definition) is 2. The molecule has 1 aliphatic rings. The number of halogens is 2. The molecule has 2 amide bonds. The van der Waals surface area contributed by atoms with Crippen molar-refractivity contribution in [2.75, 3.05) is 0 Å². The van der Waals surface area contributed by atoms with Crippen molar-refractivity contribution in [2.45, 2.75) is 65.1 Å². The van der Waals surface area contributed by atoms with Gasteiger partial charge in [-0.25, -0.2) is 19.0 Å². The molecular weight excluding hydrogens is 502 g/mol. The predicted molar refractivity (Wildman–Crippen MR) is 145 cm³/mol. The highest BCUT2D eigenvalue weighted by atomic mass is 19.1. The number of hydrazine groups is 1. The predicted octanol–water partition coefficient (Wildman–Crippen LogP) is 6.87. The number of benzene rings is 3. The minimum atomic E-state index is -0.779. The molecule has 0 atom stereocenters. The van der Waals surface area contributed by atoms with Crippen LogP contribution in [0.1, 0.15) is 57.6 Å². The molecule has 206 valence electrons. The number of carbonyl (C=O) groups excluding carboxylic acids is 2. The van der Waals surface area contributed by atoms with Gasteiger partial charge in [0, 0.05) is 11.1 Å². The van der Waals surface area contributed by atoms with E-state index in [-0.39, 0.29) is 23.8 Å². The average Bonchev–Trinajstić information content (AvgIpc) is 3.37. The topological polar surface area (TPSA) is 76.7 Å². The van der Waals surface area contributed by atoms with Crippen molar-refractivity contribution >= 4 is 12.0 Å². The Hall–Kier alpha value is -3.94. The SMILES string of the molecule is CC(C)(C)OC(=O)NNC(=O)C1(Cc2ccc(F)c(-c3cccc(F)c3OCc3ccccc3)c2)CCCC1. The smallest absolute Gasteiger partial charge is 0.426 e. The molecule has 8 heteroatoms. The molecule has 1 saturated carbocycles. The Balaban J connectivity index is 1.56. The highest BCUT2D eigenvalue weighted by molar-refractivity contribution is 5.85. The molecule has 0 aromatic heterocycles. The van der Waals surface area contributed by atoms with Gasteiger partial charge in [-0.3, -0.25) is 10.2 Å². The van der Waals surface area contributed by atoms with E-state index in [1.807, 2.05) is 30.3 Å². The Kier molecular flexibility index (Phi) is 8.53. The van der Waals surface area contributed by atoms with Crippen molar-refractivity contribution in [1.82, 2.24) is 10.9 Å². The average molecular weight is 537 g/mol. The summed E-state index contributed by atoms with van der Waals surface area (Å²) in [5.41, 5.74) is 5.42. The molecule has 2 N–H and O–H groups in total. The fraction of sp³-hybridized carbons (Fsp3) is 0.355. The summed E-state index contributed by atoms with van der Waals surface area (Å²) in [4.78, 5) is 25.3. The summed E-state index contributed by atoms with van der Waals surface area (Å²) in [6, 6.07) is 18.4. The summed E-state index contributed by atoms with van der Waals surface area (Å²) in [6.07, 6.45) is 2.53. The van der Waals surface area contributed by atoms with Crippen LogP contribution in [0, 0.1) is 17.0 Å². The molecule has 0 heterocycles. The van der Waals surface area contributed by atoms with Crippen LogP contribution in [-0.4, -0.2) is 17.6 Å². The Morgan fingerprint density at radius 3 is 2.26 bits per heavy atom. The minimum Gasteiger partial charge on any atom is -0.485 e. The van der Waals surface area contributed by atoms with Gasteiger partial charge in [0.25, 0.3) is 0 Å². The van der Waals surface area contributed by atoms with Crippen molar-refractivity contribution in [1.29, 1.82) is 0 Å². The molecule has 0 spiro atoms. The van der Waals surface area contributed by atoms with E-state index in [1.165, 1.54) is 18.2 Å². The summed E-state index contributed by atoms with van der Waals surface area (Å²) >= 11 is 0. The van der Waals surface area contributed by atoms with Gasteiger partial charge >= 0.3 is 6.09 Å². The fourth-order valence-electron chi connectivity index (χ4n) is 4.96. The van der Waals surface area contributed by atoms with Crippen molar-refractivity contribution < 1.29 is 27.8 Å². The first-order valence-corrected chi connectivity index (χ1v) is 13.1. The van der Waals surface area contributed by atoms with Gasteiger partial charge in [-0.15, -0.1) is 0 Å². The Morgan fingerprint density at radius 1 is 0.846 bits per heavy atom. The van der Waals surface area contributed by atoms with Crippen LogP contribution in [0.2, 0.25) is 0 Å². The van der Waals surface area contributed by atoms with Gasteiger partial charge in [0.05, 0.1) is 5.41 Å². The molecule has 39 heavy (non-hydrogen) atoms. The second-order valence-electron chi connectivity index (χ2n) is 11.0. The minimum absolute atomic E-state index is 0.0349. The van der Waals surface area contributed by atoms with Gasteiger partial charge in [0.1, 0.15) is 18.0 Å². The van der Waals surface area contributed by atoms with Gasteiger partial charge < -0.3 is 9.47 Å². The summed E-state index contributed by atoms with van der Waals surface area (Å²) < 4.78 is 41.0. The fourth-order valence-corrected chi connectivity index (χ4v) is 4.96. The second kappa shape index (κ2) is 11.8. The van der Waals surface area contributed by atoms with Gasteiger partial charge in [0.2, 0.25) is 5.91 Å². The molecule has 0 saturated heterocycles. The third kappa shape index (κ3) is 7.13. The summed E-state index contributed by atoms with van der Waals surface area (Å²) in [5, 5.41) is 0. The monoisotopic (exact) mass is 536 g/mol. The lowest BCUT2D eigenvalue weighted by molar-refractivity contribution is -0.131. The first-order valence-electron chi connectivity index (χ1n) is 13.1. The van der Waals surface area contributed by atoms with Crippen molar-refractivity contribution in [3.8, 4) is 16.9 Å². The van der Waals surface area contributed by atoms with Gasteiger partial charge in [-0.05, 0) is 69.4 Å². The van der Waals surface area contributed by atoms with Gasteiger partial charge in [0.15, 0.2) is 11.6 Å². The first kappa shape index (κ1) is 28.1. The molecule has 6 nitrogen and oxygen atoms in total. The van der Waals surface area contributed by atoms with Crippen LogP contribution in [0.15, 0.2) is 66.7 Å². The van der Waals surface area contributed by atoms with Crippen LogP contribution in [0.4, 0.5) is 13.6 Å². The van der Waals surface area contributed by atoms with E-state index < -0.39 is 28.7 Å². The molecule has 3 aromatic carbocycles. The van der Waals surface area contributed by atoms with E-state index >= 15 is 4.39 Å². The third-order valence-corrected chi connectivity index (χ3v) is 6.78. The van der Waals surface area contributed by atoms with Gasteiger partial charge in [-0.2, -0.15) is 0 Å². The maximum atomic E-state index is 15.1. The van der Waals surface area contributed by atoms with E-state index in [2.05, 4.69) is 10.9 Å². The van der Waals surface area contributed by atoms with Crippen LogP contribution in [0.3, 0.4) is 0 Å². The number of nitrogens with one attached hydrogen (secondary N) is 2.